The van der Waals surface area contributed by atoms with E-state index < -0.39 is 0 Å². The van der Waals surface area contributed by atoms with Crippen LogP contribution in [-0.2, 0) is 10.2 Å². The van der Waals surface area contributed by atoms with Crippen LogP contribution in [0.3, 0.4) is 0 Å². The van der Waals surface area contributed by atoms with E-state index in [0.717, 1.165) is 54.2 Å². The fourth-order valence-corrected chi connectivity index (χ4v) is 7.27. The van der Waals surface area contributed by atoms with Gasteiger partial charge in [0.1, 0.15) is 5.75 Å². The summed E-state index contributed by atoms with van der Waals surface area (Å²) >= 11 is 0. The van der Waals surface area contributed by atoms with Gasteiger partial charge >= 0.3 is 0 Å². The molecule has 0 unspecified atom stereocenters. The molecule has 4 saturated carbocycles. The molecule has 0 spiro atoms. The molecule has 1 aliphatic heterocycles. The van der Waals surface area contributed by atoms with E-state index in [2.05, 4.69) is 39.2 Å². The monoisotopic (exact) mass is 538 g/mol. The Balaban J connectivity index is 0.00000231. The Hall–Kier alpha value is -0.820. The molecule has 172 valence electrons. The number of halogens is 1. The number of hydrogen-bond acceptors (Lipinski definition) is 2. The summed E-state index contributed by atoms with van der Waals surface area (Å²) in [6.07, 6.45) is 9.14. The highest BCUT2D eigenvalue weighted by Gasteiger charge is 2.51. The number of piperazine rings is 1. The van der Waals surface area contributed by atoms with Crippen LogP contribution in [0.25, 0.3) is 0 Å². The highest BCUT2D eigenvalue weighted by Crippen LogP contribution is 2.60. The first-order valence-corrected chi connectivity index (χ1v) is 12.2. The average molecular weight is 539 g/mol. The van der Waals surface area contributed by atoms with Crippen LogP contribution in [0.4, 0.5) is 0 Å². The van der Waals surface area contributed by atoms with E-state index in [1.54, 1.807) is 5.56 Å². The minimum absolute atomic E-state index is 0. The van der Waals surface area contributed by atoms with Crippen molar-refractivity contribution in [3.8, 4) is 5.75 Å². The van der Waals surface area contributed by atoms with E-state index in [0.29, 0.717) is 18.4 Å². The van der Waals surface area contributed by atoms with Gasteiger partial charge in [-0.1, -0.05) is 12.1 Å². The molecule has 1 aromatic rings. The minimum Gasteiger partial charge on any atom is -1.00 e. The van der Waals surface area contributed by atoms with Crippen LogP contribution in [0.5, 0.6) is 5.75 Å². The first-order chi connectivity index (χ1) is 14.3. The van der Waals surface area contributed by atoms with Crippen molar-refractivity contribution in [3.05, 3.63) is 29.3 Å². The van der Waals surface area contributed by atoms with Gasteiger partial charge in [-0.15, -0.1) is 0 Å². The molecule has 0 radical (unpaired) electrons. The second kappa shape index (κ2) is 8.85. The number of carbonyl (C=O) groups is 1. The molecule has 4 aliphatic carbocycles. The molecule has 1 amide bonds. The predicted molar refractivity (Wildman–Crippen MR) is 120 cm³/mol. The standard InChI is InChI=1S/C26H39N2O2.HI/c1-19-12-23(26-16-20-13-21(17-26)15-22(14-20)18-26)4-5-24(19)30-11-6-25(29)27-7-9-28(2,3)10-8-27;/h4-5,12,20-22H,6-11,13-18H2,1-3H3;1H/q+1;/p-1. The highest BCUT2D eigenvalue weighted by atomic mass is 127. The number of carbonyl (C=O) groups excluding carboxylic acids is 1. The summed E-state index contributed by atoms with van der Waals surface area (Å²) in [7, 11) is 4.47. The predicted octanol–water partition coefficient (Wildman–Crippen LogP) is 1.15. The van der Waals surface area contributed by atoms with Gasteiger partial charge in [0.15, 0.2) is 0 Å². The van der Waals surface area contributed by atoms with Gasteiger partial charge in [0.25, 0.3) is 0 Å². The van der Waals surface area contributed by atoms with Gasteiger partial charge in [-0.2, -0.15) is 0 Å². The largest absolute Gasteiger partial charge is 1.00 e. The lowest BCUT2D eigenvalue weighted by atomic mass is 9.48. The molecule has 0 atom stereocenters. The summed E-state index contributed by atoms with van der Waals surface area (Å²) in [6.45, 7) is 6.46. The lowest BCUT2D eigenvalue weighted by Gasteiger charge is -2.57. The Labute approximate surface area is 205 Å². The van der Waals surface area contributed by atoms with Crippen LogP contribution in [0.1, 0.15) is 56.1 Å². The van der Waals surface area contributed by atoms with Crippen molar-refractivity contribution in [2.75, 3.05) is 46.9 Å². The summed E-state index contributed by atoms with van der Waals surface area (Å²) in [6, 6.07) is 6.91. The zero-order chi connectivity index (χ0) is 20.9. The Morgan fingerprint density at radius 2 is 1.65 bits per heavy atom. The quantitative estimate of drug-likeness (QED) is 0.416. The number of quaternary nitrogens is 1. The third-order valence-electron chi connectivity index (χ3n) is 8.70. The van der Waals surface area contributed by atoms with E-state index in [-0.39, 0.29) is 29.9 Å². The molecule has 0 aromatic heterocycles. The highest BCUT2D eigenvalue weighted by molar-refractivity contribution is 5.76. The smallest absolute Gasteiger partial charge is 0.226 e. The van der Waals surface area contributed by atoms with Crippen LogP contribution in [-0.4, -0.2) is 62.2 Å². The van der Waals surface area contributed by atoms with Crippen molar-refractivity contribution >= 4 is 5.91 Å². The maximum Gasteiger partial charge on any atom is 0.226 e. The van der Waals surface area contributed by atoms with Gasteiger partial charge < -0.3 is 38.1 Å². The molecule has 1 aromatic carbocycles. The molecule has 0 N–H and O–H groups in total. The number of rotatable bonds is 5. The zero-order valence-corrected chi connectivity index (χ0v) is 21.7. The summed E-state index contributed by atoms with van der Waals surface area (Å²) in [5.41, 5.74) is 3.22. The first kappa shape index (κ1) is 23.3. The fourth-order valence-electron chi connectivity index (χ4n) is 7.27. The normalized spacial score (nSPS) is 33.1. The Morgan fingerprint density at radius 1 is 1.06 bits per heavy atom. The molecule has 5 heteroatoms. The summed E-state index contributed by atoms with van der Waals surface area (Å²) in [5, 5.41) is 0. The van der Waals surface area contributed by atoms with Gasteiger partial charge in [-0.25, -0.2) is 0 Å². The second-order valence-electron chi connectivity index (χ2n) is 11.5. The van der Waals surface area contributed by atoms with Gasteiger partial charge in [0, 0.05) is 0 Å². The van der Waals surface area contributed by atoms with Crippen molar-refractivity contribution in [2.24, 2.45) is 17.8 Å². The maximum absolute atomic E-state index is 12.5. The maximum atomic E-state index is 12.5. The Kier molecular flexibility index (Phi) is 6.66. The molecule has 6 rings (SSSR count). The van der Waals surface area contributed by atoms with Gasteiger partial charge in [-0.05, 0) is 85.8 Å². The first-order valence-electron chi connectivity index (χ1n) is 12.2. The molecular weight excluding hydrogens is 499 g/mol. The Bertz CT molecular complexity index is 776. The number of likely N-dealkylation sites (N-methyl/N-ethyl adjacent to an activating group) is 1. The molecule has 5 aliphatic rings. The lowest BCUT2D eigenvalue weighted by Crippen LogP contribution is -3.00. The fraction of sp³-hybridized carbons (Fsp3) is 0.731. The molecule has 4 bridgehead atoms. The third-order valence-corrected chi connectivity index (χ3v) is 8.70. The molecule has 1 heterocycles. The second-order valence-corrected chi connectivity index (χ2v) is 11.5. The number of amides is 1. The number of aryl methyl sites for hydroxylation is 1. The number of ether oxygens (including phenoxy) is 1. The molecule has 31 heavy (non-hydrogen) atoms. The summed E-state index contributed by atoms with van der Waals surface area (Å²) in [5.74, 6) is 4.10. The van der Waals surface area contributed by atoms with Crippen molar-refractivity contribution in [1.29, 1.82) is 0 Å². The van der Waals surface area contributed by atoms with Gasteiger partial charge in [-0.3, -0.25) is 4.79 Å². The summed E-state index contributed by atoms with van der Waals surface area (Å²) in [4.78, 5) is 14.5. The molecule has 1 saturated heterocycles. The molecular formula is C26H39IN2O2. The number of benzene rings is 1. The summed E-state index contributed by atoms with van der Waals surface area (Å²) < 4.78 is 7.07. The van der Waals surface area contributed by atoms with Crippen LogP contribution in [0.15, 0.2) is 18.2 Å². The topological polar surface area (TPSA) is 29.5 Å². The number of nitrogens with zero attached hydrogens (tertiary/aromatic N) is 2. The van der Waals surface area contributed by atoms with Crippen LogP contribution in [0, 0.1) is 24.7 Å². The van der Waals surface area contributed by atoms with E-state index in [1.165, 1.54) is 44.1 Å². The van der Waals surface area contributed by atoms with Crippen LogP contribution in [0.2, 0.25) is 0 Å². The average Bonchev–Trinajstić information content (AvgIpc) is 2.68. The van der Waals surface area contributed by atoms with E-state index in [9.17, 15) is 4.79 Å². The SMILES string of the molecule is Cc1cc(C23CC4CC(CC(C4)C2)C3)ccc1OCCC(=O)N1CC[N+](C)(C)CC1.[I-]. The minimum atomic E-state index is 0. The van der Waals surface area contributed by atoms with E-state index in [4.69, 9.17) is 4.74 Å². The third kappa shape index (κ3) is 4.78. The van der Waals surface area contributed by atoms with Crippen molar-refractivity contribution < 1.29 is 38.0 Å². The molecule has 5 fully saturated rings. The van der Waals surface area contributed by atoms with Crippen LogP contribution < -0.4 is 28.7 Å². The lowest BCUT2D eigenvalue weighted by molar-refractivity contribution is -0.894. The van der Waals surface area contributed by atoms with Gasteiger partial charge in [0.2, 0.25) is 5.91 Å². The van der Waals surface area contributed by atoms with Crippen LogP contribution >= 0.6 is 0 Å². The van der Waals surface area contributed by atoms with E-state index >= 15 is 0 Å². The zero-order valence-electron chi connectivity index (χ0n) is 19.5. The van der Waals surface area contributed by atoms with Gasteiger partial charge in [0.05, 0.1) is 53.3 Å². The Morgan fingerprint density at radius 3 is 2.19 bits per heavy atom. The van der Waals surface area contributed by atoms with Crippen molar-refractivity contribution in [1.82, 2.24) is 4.90 Å². The van der Waals surface area contributed by atoms with Crippen molar-refractivity contribution in [3.63, 3.8) is 0 Å². The number of hydrogen-bond donors (Lipinski definition) is 0. The van der Waals surface area contributed by atoms with E-state index in [1.807, 2.05) is 4.90 Å². The molecule has 4 nitrogen and oxygen atoms in total. The van der Waals surface area contributed by atoms with Crippen molar-refractivity contribution in [2.45, 2.75) is 57.3 Å².